The summed E-state index contributed by atoms with van der Waals surface area (Å²) in [6, 6.07) is 0. The maximum Gasteiger partial charge on any atom is 0.412 e. The molecule has 1 saturated heterocycles. The third-order valence-electron chi connectivity index (χ3n) is 2.21. The van der Waals surface area contributed by atoms with Crippen LogP contribution in [0.15, 0.2) is 11.1 Å². The molecule has 1 aliphatic rings. The van der Waals surface area contributed by atoms with Crippen molar-refractivity contribution in [3.8, 4) is 0 Å². The Labute approximate surface area is 69.9 Å². The van der Waals surface area contributed by atoms with Gasteiger partial charge in [-0.15, -0.1) is 0 Å². The number of likely N-dealkylation sites (tertiary alicyclic amines) is 1. The van der Waals surface area contributed by atoms with Gasteiger partial charge < -0.3 is 4.90 Å². The van der Waals surface area contributed by atoms with Crippen LogP contribution in [0.1, 0.15) is 13.3 Å². The van der Waals surface area contributed by atoms with E-state index < -0.39 is 11.7 Å². The zero-order valence-corrected chi connectivity index (χ0v) is 7.20. The van der Waals surface area contributed by atoms with E-state index in [0.717, 1.165) is 13.5 Å². The molecule has 1 rings (SSSR count). The predicted octanol–water partition coefficient (Wildman–Crippen LogP) is 2.20. The SMILES string of the molecule is C/C(=C1/CCN(C)C1)C(F)(F)F. The molecule has 0 aromatic rings. The van der Waals surface area contributed by atoms with Crippen LogP contribution in [0.4, 0.5) is 13.2 Å². The van der Waals surface area contributed by atoms with Crippen molar-refractivity contribution in [2.24, 2.45) is 0 Å². The number of halogens is 3. The van der Waals surface area contributed by atoms with E-state index in [4.69, 9.17) is 0 Å². The molecule has 4 heteroatoms. The highest BCUT2D eigenvalue weighted by Crippen LogP contribution is 2.30. The first-order valence-electron chi connectivity index (χ1n) is 3.85. The maximum atomic E-state index is 12.2. The van der Waals surface area contributed by atoms with Gasteiger partial charge in [0.25, 0.3) is 0 Å². The average Bonchev–Trinajstić information content (AvgIpc) is 2.32. The molecule has 0 aromatic carbocycles. The second-order valence-electron chi connectivity index (χ2n) is 3.21. The third kappa shape index (κ3) is 2.00. The van der Waals surface area contributed by atoms with Crippen LogP contribution >= 0.6 is 0 Å². The van der Waals surface area contributed by atoms with E-state index in [9.17, 15) is 13.2 Å². The molecule has 70 valence electrons. The largest absolute Gasteiger partial charge is 0.412 e. The van der Waals surface area contributed by atoms with E-state index in [1.165, 1.54) is 0 Å². The first kappa shape index (κ1) is 9.58. The summed E-state index contributed by atoms with van der Waals surface area (Å²) in [5.41, 5.74) is 0.122. The Morgan fingerprint density at radius 3 is 2.33 bits per heavy atom. The highest BCUT2D eigenvalue weighted by Gasteiger charge is 2.33. The standard InChI is InChI=1S/C8H12F3N/c1-6(8(9,10)11)7-3-4-12(2)5-7/h3-5H2,1-2H3/b7-6+. The molecular formula is C8H12F3N. The van der Waals surface area contributed by atoms with E-state index in [2.05, 4.69) is 0 Å². The highest BCUT2D eigenvalue weighted by molar-refractivity contribution is 5.21. The molecule has 0 aliphatic carbocycles. The summed E-state index contributed by atoms with van der Waals surface area (Å²) in [4.78, 5) is 1.89. The lowest BCUT2D eigenvalue weighted by atomic mass is 10.1. The van der Waals surface area contributed by atoms with Crippen molar-refractivity contribution in [1.82, 2.24) is 4.90 Å². The Balaban J connectivity index is 2.78. The van der Waals surface area contributed by atoms with Gasteiger partial charge in [0.1, 0.15) is 0 Å². The molecule has 0 radical (unpaired) electrons. The lowest BCUT2D eigenvalue weighted by molar-refractivity contribution is -0.0922. The Bertz CT molecular complexity index is 205. The van der Waals surface area contributed by atoms with E-state index in [1.807, 2.05) is 11.9 Å². The van der Waals surface area contributed by atoms with Gasteiger partial charge in [-0.1, -0.05) is 0 Å². The normalized spacial score (nSPS) is 24.8. The first-order valence-corrected chi connectivity index (χ1v) is 3.85. The molecule has 0 atom stereocenters. The van der Waals surface area contributed by atoms with Crippen LogP contribution in [-0.4, -0.2) is 31.2 Å². The van der Waals surface area contributed by atoms with Crippen LogP contribution in [0, 0.1) is 0 Å². The summed E-state index contributed by atoms with van der Waals surface area (Å²) in [5, 5.41) is 0. The fourth-order valence-electron chi connectivity index (χ4n) is 1.32. The Morgan fingerprint density at radius 1 is 1.42 bits per heavy atom. The minimum Gasteiger partial charge on any atom is -0.302 e. The summed E-state index contributed by atoms with van der Waals surface area (Å²) in [6.45, 7) is 2.36. The van der Waals surface area contributed by atoms with Crippen molar-refractivity contribution in [2.75, 3.05) is 20.1 Å². The van der Waals surface area contributed by atoms with Gasteiger partial charge in [0.15, 0.2) is 0 Å². The smallest absolute Gasteiger partial charge is 0.302 e. The molecule has 0 spiro atoms. The van der Waals surface area contributed by atoms with Crippen molar-refractivity contribution < 1.29 is 13.2 Å². The lowest BCUT2D eigenvalue weighted by Gasteiger charge is -2.10. The second-order valence-corrected chi connectivity index (χ2v) is 3.21. The molecule has 0 aromatic heterocycles. The van der Waals surface area contributed by atoms with E-state index in [1.54, 1.807) is 0 Å². The van der Waals surface area contributed by atoms with E-state index >= 15 is 0 Å². The molecule has 0 amide bonds. The molecule has 1 heterocycles. The fraction of sp³-hybridized carbons (Fsp3) is 0.750. The first-order chi connectivity index (χ1) is 5.41. The highest BCUT2D eigenvalue weighted by atomic mass is 19.4. The summed E-state index contributed by atoms with van der Waals surface area (Å²) < 4.78 is 36.5. The number of alkyl halides is 3. The molecule has 1 aliphatic heterocycles. The minimum absolute atomic E-state index is 0.410. The molecular weight excluding hydrogens is 167 g/mol. The number of likely N-dealkylation sites (N-methyl/N-ethyl adjacent to an activating group) is 1. The van der Waals surface area contributed by atoms with Gasteiger partial charge in [0.2, 0.25) is 0 Å². The summed E-state index contributed by atoms with van der Waals surface area (Å²) in [6.07, 6.45) is -3.58. The van der Waals surface area contributed by atoms with Gasteiger partial charge in [-0.2, -0.15) is 13.2 Å². The average molecular weight is 179 g/mol. The number of allylic oxidation sites excluding steroid dienone is 1. The maximum absolute atomic E-state index is 12.2. The van der Waals surface area contributed by atoms with Gasteiger partial charge in [-0.05, 0) is 26.0 Å². The zero-order chi connectivity index (χ0) is 9.35. The topological polar surface area (TPSA) is 3.24 Å². The van der Waals surface area contributed by atoms with Gasteiger partial charge in [-0.3, -0.25) is 0 Å². The number of hydrogen-bond acceptors (Lipinski definition) is 1. The zero-order valence-electron chi connectivity index (χ0n) is 7.20. The number of hydrogen-bond donors (Lipinski definition) is 0. The lowest BCUT2D eigenvalue weighted by Crippen LogP contribution is -2.15. The Kier molecular flexibility index (Phi) is 2.46. The van der Waals surface area contributed by atoms with Crippen LogP contribution in [0.2, 0.25) is 0 Å². The van der Waals surface area contributed by atoms with Crippen LogP contribution in [0.25, 0.3) is 0 Å². The van der Waals surface area contributed by atoms with Gasteiger partial charge in [0.05, 0.1) is 0 Å². The Morgan fingerprint density at radius 2 is 2.00 bits per heavy atom. The third-order valence-corrected chi connectivity index (χ3v) is 2.21. The Hall–Kier alpha value is -0.510. The van der Waals surface area contributed by atoms with E-state index in [0.29, 0.717) is 18.5 Å². The van der Waals surface area contributed by atoms with E-state index in [-0.39, 0.29) is 0 Å². The summed E-state index contributed by atoms with van der Waals surface area (Å²) >= 11 is 0. The molecule has 0 saturated carbocycles. The van der Waals surface area contributed by atoms with Crippen LogP contribution in [0.3, 0.4) is 0 Å². The molecule has 12 heavy (non-hydrogen) atoms. The molecule has 1 fully saturated rings. The number of nitrogens with zero attached hydrogens (tertiary/aromatic N) is 1. The van der Waals surface area contributed by atoms with Crippen molar-refractivity contribution in [3.05, 3.63) is 11.1 Å². The predicted molar refractivity (Wildman–Crippen MR) is 40.9 cm³/mol. The fourth-order valence-corrected chi connectivity index (χ4v) is 1.32. The van der Waals surface area contributed by atoms with Gasteiger partial charge in [-0.25, -0.2) is 0 Å². The van der Waals surface area contributed by atoms with Crippen molar-refractivity contribution in [2.45, 2.75) is 19.5 Å². The van der Waals surface area contributed by atoms with Crippen LogP contribution in [-0.2, 0) is 0 Å². The monoisotopic (exact) mass is 179 g/mol. The van der Waals surface area contributed by atoms with Crippen molar-refractivity contribution >= 4 is 0 Å². The summed E-state index contributed by atoms with van der Waals surface area (Å²) in [5.74, 6) is 0. The van der Waals surface area contributed by atoms with Crippen LogP contribution in [0.5, 0.6) is 0 Å². The molecule has 0 N–H and O–H groups in total. The number of rotatable bonds is 0. The van der Waals surface area contributed by atoms with Crippen molar-refractivity contribution in [1.29, 1.82) is 0 Å². The molecule has 1 nitrogen and oxygen atoms in total. The minimum atomic E-state index is -4.14. The van der Waals surface area contributed by atoms with Crippen LogP contribution < -0.4 is 0 Å². The quantitative estimate of drug-likeness (QED) is 0.515. The van der Waals surface area contributed by atoms with Crippen molar-refractivity contribution in [3.63, 3.8) is 0 Å². The molecule has 0 unspecified atom stereocenters. The second kappa shape index (κ2) is 3.09. The van der Waals surface area contributed by atoms with Gasteiger partial charge in [0, 0.05) is 18.7 Å². The molecule has 0 bridgehead atoms. The summed E-state index contributed by atoms with van der Waals surface area (Å²) in [7, 11) is 1.83. The van der Waals surface area contributed by atoms with Gasteiger partial charge >= 0.3 is 6.18 Å².